The molecule has 0 aliphatic carbocycles. The number of carbonyl (C=O) groups is 3. The number of aliphatic hydroxyl groups is 3. The molecule has 0 saturated carbocycles. The molecule has 3 radical (unpaired) electrons. The molecule has 21 heteroatoms. The van der Waals surface area contributed by atoms with Crippen LogP contribution in [0.1, 0.15) is 92.0 Å². The van der Waals surface area contributed by atoms with Crippen molar-refractivity contribution >= 4 is 117 Å². The van der Waals surface area contributed by atoms with Crippen LogP contribution in [-0.2, 0) is 74.7 Å². The molecule has 0 atom stereocenters. The Morgan fingerprint density at radius 2 is 0.641 bits per heavy atom. The van der Waals surface area contributed by atoms with Crippen molar-refractivity contribution in [3.8, 4) is 67.7 Å². The Hall–Kier alpha value is -12.2. The van der Waals surface area contributed by atoms with Crippen molar-refractivity contribution in [1.29, 1.82) is 0 Å². The molecule has 18 rings (SSSR count). The maximum absolute atomic E-state index is 10.0. The molecular weight excluding hydrogens is 2010 g/mol. The van der Waals surface area contributed by atoms with E-state index in [1.54, 1.807) is 0 Å². The monoisotopic (exact) mass is 2090 g/mol. The quantitative estimate of drug-likeness (QED) is 0.0688. The molecule has 6 aromatic carbocycles. The van der Waals surface area contributed by atoms with E-state index in [9.17, 15) is 14.4 Å². The van der Waals surface area contributed by atoms with Crippen LogP contribution in [0.2, 0.25) is 0 Å². The number of fused-ring (bicyclic) bond motifs is 12. The number of ketones is 3. The van der Waals surface area contributed by atoms with Gasteiger partial charge in [-0.3, -0.25) is 29.3 Å². The Morgan fingerprint density at radius 3 is 0.957 bits per heavy atom. The minimum absolute atomic E-state index is 0. The van der Waals surface area contributed by atoms with E-state index in [0.29, 0.717) is 17.1 Å². The average Bonchev–Trinajstić information content (AvgIpc) is 1.62. The third kappa shape index (κ3) is 20.0. The van der Waals surface area contributed by atoms with Crippen LogP contribution < -0.4 is 0 Å². The van der Waals surface area contributed by atoms with Gasteiger partial charge in [0.25, 0.3) is 0 Å². The first kappa shape index (κ1) is 87.2. The van der Waals surface area contributed by atoms with Crippen molar-refractivity contribution in [3.63, 3.8) is 0 Å². The number of pyridine rings is 6. The molecule has 12 heterocycles. The first-order chi connectivity index (χ1) is 54.6. The maximum atomic E-state index is 10.0. The second-order valence-electron chi connectivity index (χ2n) is 28.2. The number of nitrogens with zero attached hydrogens (tertiary/aromatic N) is 6. The molecule has 3 N–H and O–H groups in total. The van der Waals surface area contributed by atoms with E-state index >= 15 is 0 Å². The number of aromatic nitrogens is 6. The second kappa shape index (κ2) is 37.6. The van der Waals surface area contributed by atoms with Gasteiger partial charge < -0.3 is 41.8 Å². The van der Waals surface area contributed by atoms with E-state index in [-0.39, 0.29) is 94.9 Å². The van der Waals surface area contributed by atoms with E-state index in [0.717, 1.165) is 167 Å². The zero-order valence-corrected chi connectivity index (χ0v) is 73.9. The van der Waals surface area contributed by atoms with Gasteiger partial charge in [0.2, 0.25) is 17.1 Å². The Labute approximate surface area is 715 Å². The normalized spacial score (nSPS) is 11.4. The van der Waals surface area contributed by atoms with Gasteiger partial charge in [0.15, 0.2) is 34.1 Å². The largest absolute Gasteiger partial charge is 0.512 e. The van der Waals surface area contributed by atoms with Crippen molar-refractivity contribution in [3.05, 3.63) is 286 Å². The number of furan rings is 6. The zero-order chi connectivity index (χ0) is 80.9. The summed E-state index contributed by atoms with van der Waals surface area (Å²) in [5.74, 6) is 2.29. The summed E-state index contributed by atoms with van der Waals surface area (Å²) in [7, 11) is 0. The summed E-state index contributed by atoms with van der Waals surface area (Å²) >= 11 is 0. The van der Waals surface area contributed by atoms with Gasteiger partial charge in [0.1, 0.15) is 17.3 Å². The van der Waals surface area contributed by atoms with Gasteiger partial charge in [-0.2, -0.15) is 0 Å². The minimum Gasteiger partial charge on any atom is -0.512 e. The number of carbonyl (C=O) groups excluding carboxylic acids is 3. The van der Waals surface area contributed by atoms with Crippen molar-refractivity contribution in [2.45, 2.75) is 104 Å². The predicted octanol–water partition coefficient (Wildman–Crippen LogP) is 24.6. The number of rotatable bonds is 9. The minimum atomic E-state index is -0.125. The topological polar surface area (TPSA) is 268 Å². The first-order valence-electron chi connectivity index (χ1n) is 36.8. The van der Waals surface area contributed by atoms with Gasteiger partial charge in [0, 0.05) is 147 Å². The van der Waals surface area contributed by atoms with Crippen molar-refractivity contribution in [1.82, 2.24) is 29.9 Å². The molecule has 0 aliphatic rings. The molecule has 18 nitrogen and oxygen atoms in total. The average molecular weight is 2090 g/mol. The molecule has 0 bridgehead atoms. The van der Waals surface area contributed by atoms with Crippen LogP contribution in [0.15, 0.2) is 244 Å². The molecule has 12 aromatic heterocycles. The fourth-order valence-corrected chi connectivity index (χ4v) is 13.7. The van der Waals surface area contributed by atoms with Crippen LogP contribution >= 0.6 is 0 Å². The third-order valence-electron chi connectivity index (χ3n) is 18.4. The summed E-state index contributed by atoms with van der Waals surface area (Å²) in [6.07, 6.45) is 3.50. The smallest absolute Gasteiger partial charge is 0.216 e. The number of aliphatic hydroxyl groups excluding tert-OH is 3. The van der Waals surface area contributed by atoms with Gasteiger partial charge in [-0.1, -0.05) is 117 Å². The molecular formula is C96H81Ir3N6O12-3. The first-order valence-corrected chi connectivity index (χ1v) is 36.8. The molecule has 18 aromatic rings. The maximum Gasteiger partial charge on any atom is 0.216 e. The fraction of sp³-hybridized carbons (Fsp3) is 0.156. The summed E-state index contributed by atoms with van der Waals surface area (Å²) in [5, 5.41) is 31.1. The molecule has 0 spiro atoms. The fourth-order valence-electron chi connectivity index (χ4n) is 13.7. The summed E-state index contributed by atoms with van der Waals surface area (Å²) in [5.41, 5.74) is 27.0. The van der Waals surface area contributed by atoms with Crippen LogP contribution in [0.4, 0.5) is 0 Å². The number of benzene rings is 6. The number of allylic oxidation sites excluding steroid dienone is 6. The van der Waals surface area contributed by atoms with Gasteiger partial charge in [-0.05, 0) is 198 Å². The molecule has 597 valence electrons. The van der Waals surface area contributed by atoms with Gasteiger partial charge in [-0.25, -0.2) is 15.0 Å². The van der Waals surface area contributed by atoms with Crippen LogP contribution in [0.5, 0.6) is 0 Å². The summed E-state index contributed by atoms with van der Waals surface area (Å²) in [6, 6.07) is 70.5. The molecule has 117 heavy (non-hydrogen) atoms. The van der Waals surface area contributed by atoms with Crippen LogP contribution in [0.3, 0.4) is 0 Å². The molecule has 0 saturated heterocycles. The van der Waals surface area contributed by atoms with Crippen molar-refractivity contribution in [2.75, 3.05) is 0 Å². The van der Waals surface area contributed by atoms with E-state index in [4.69, 9.17) is 56.8 Å². The van der Waals surface area contributed by atoms with E-state index < -0.39 is 0 Å². The summed E-state index contributed by atoms with van der Waals surface area (Å²) in [4.78, 5) is 58.3. The summed E-state index contributed by atoms with van der Waals surface area (Å²) in [6.45, 7) is 27.0. The zero-order valence-electron chi connectivity index (χ0n) is 66.8. The number of hydrogen-bond acceptors (Lipinski definition) is 18. The van der Waals surface area contributed by atoms with E-state index in [2.05, 4.69) is 141 Å². The van der Waals surface area contributed by atoms with Gasteiger partial charge in [0.05, 0.1) is 50.6 Å². The Kier molecular flexibility index (Phi) is 28.0. The Morgan fingerprint density at radius 1 is 0.325 bits per heavy atom. The van der Waals surface area contributed by atoms with Gasteiger partial charge >= 0.3 is 0 Å². The second-order valence-corrected chi connectivity index (χ2v) is 28.2. The Bertz CT molecular complexity index is 6750. The van der Waals surface area contributed by atoms with Gasteiger partial charge in [-0.15, -0.1) is 54.6 Å². The Balaban J connectivity index is 0.000000163. The molecule has 0 amide bonds. The van der Waals surface area contributed by atoms with Crippen molar-refractivity contribution < 1.29 is 117 Å². The molecule has 0 fully saturated rings. The van der Waals surface area contributed by atoms with E-state index in [1.807, 2.05) is 136 Å². The summed E-state index contributed by atoms with van der Waals surface area (Å²) < 4.78 is 36.7. The van der Waals surface area contributed by atoms with Crippen molar-refractivity contribution in [2.24, 2.45) is 0 Å². The third-order valence-corrected chi connectivity index (χ3v) is 18.4. The standard InChI is InChI=1S/C28H21N2O2.C27H19N2O2.C26H17N2O2.3C5H8O2.3Ir/c1-15-12-16(2)26(17(3)13-15)25-14-23-24(31-25)11-10-22(30-23)21-7-5-6-19-20-9-8-18(4)29-28(20)32-27(19)21;1-15-6-4-7-16(2)25(15)24-14-22-23(30-24)13-12-21(29-22)20-9-5-8-18-19-11-10-17(3)28-27(19)31-26(18)20;1-15-6-9-17(10-7-15)24-14-22-23(29-24)13-12-21(28-22)20-5-3-4-18-19-11-8-16(2)27-26(19)30-25(18)20;3*1-4(6)3-5(2)7;;;/h5-6,8-14H,1-4H3;4-8,10-14H,1-3H3;3-4,6-14H,1-2H3;3*3,6H,1-2H3;;;/q3*-1;;;;;;. The van der Waals surface area contributed by atoms with E-state index in [1.165, 1.54) is 93.2 Å². The number of hydrogen-bond donors (Lipinski definition) is 3. The molecule has 0 aliphatic heterocycles. The van der Waals surface area contributed by atoms with Crippen LogP contribution in [0, 0.1) is 80.5 Å². The number of aryl methyl sites for hydroxylation is 9. The SMILES string of the molecule is CC(=O)C=C(C)O.CC(=O)C=C(C)O.CC(=O)C=C(C)O.Cc1cc(C)c(-c2cc3nc(-c4[c-]ccc5c4oc4nc(C)ccc45)ccc3o2)c(C)c1.Cc1ccc(-c2cc3nc(-c4[c-]ccc5c4oc4nc(C)ccc45)ccc3o2)cc1.Cc1ccc2c(n1)oc1c(-c3ccc4oc(-c5c(C)cccc5C)cc4n3)[c-]ccc12.[Ir].[Ir].[Ir]. The predicted molar refractivity (Wildman–Crippen MR) is 450 cm³/mol. The van der Waals surface area contributed by atoms with Crippen LogP contribution in [0.25, 0.3) is 167 Å². The molecule has 0 unspecified atom stereocenters. The van der Waals surface area contributed by atoms with Crippen LogP contribution in [-0.4, -0.2) is 62.6 Å².